The second kappa shape index (κ2) is 19.8. The Morgan fingerprint density at radius 2 is 1.75 bits per heavy atom. The van der Waals surface area contributed by atoms with Gasteiger partial charge in [-0.05, 0) is 5.75 Å². The van der Waals surface area contributed by atoms with Gasteiger partial charge in [-0.1, -0.05) is 20.8 Å². The number of phosphoric acid groups is 3. The van der Waals surface area contributed by atoms with Gasteiger partial charge in [0.25, 0.3) is 0 Å². The standard InChI is InChI=1S/C23H40N7O16P3S.C2H4/c1-4-50-8-7-25-14(31)5-6-26-21(34)18(33)23(2,3)10-43-49(40,41)46-48(38,39)42-9-13-17(45-47(35,36)37)16(32)22(44-13)30-12-29-15-19(24)27-11-28-20(15)30;1-2/h11-13,16-18,22,32-33H,4-10H2,1-3H3,(H,25,31)(H,26,34)(H,38,39)(H,40,41)(H2,24,27,28)(H2,35,36,37);1-2H2/t13-,16-,17-,18+,22-;/m1./s1. The Balaban J connectivity index is 0.00000460. The molecule has 0 bridgehead atoms. The maximum atomic E-state index is 12.6. The Labute approximate surface area is 302 Å². The van der Waals surface area contributed by atoms with Crippen molar-refractivity contribution in [1.29, 1.82) is 0 Å². The number of hydrogen-bond acceptors (Lipinski definition) is 17. The van der Waals surface area contributed by atoms with Crippen molar-refractivity contribution < 1.29 is 75.7 Å². The van der Waals surface area contributed by atoms with Gasteiger partial charge in [0.2, 0.25) is 11.8 Å². The average Bonchev–Trinajstić information content (AvgIpc) is 3.62. The molecule has 2 aromatic heterocycles. The molecule has 1 aliphatic heterocycles. The number of aliphatic hydroxyl groups is 2. The van der Waals surface area contributed by atoms with Crippen LogP contribution in [0.1, 0.15) is 33.4 Å². The number of ether oxygens (including phenoxy) is 1. The van der Waals surface area contributed by atoms with Gasteiger partial charge < -0.3 is 50.9 Å². The maximum Gasteiger partial charge on any atom is 0.481 e. The van der Waals surface area contributed by atoms with Crippen LogP contribution in [-0.2, 0) is 45.9 Å². The number of phosphoric ester groups is 3. The van der Waals surface area contributed by atoms with Crippen molar-refractivity contribution in [2.24, 2.45) is 5.41 Å². The number of nitrogen functional groups attached to an aromatic ring is 1. The predicted molar refractivity (Wildman–Crippen MR) is 184 cm³/mol. The summed E-state index contributed by atoms with van der Waals surface area (Å²) >= 11 is 1.64. The number of nitrogens with one attached hydrogen (secondary N) is 2. The summed E-state index contributed by atoms with van der Waals surface area (Å²) < 4.78 is 61.9. The summed E-state index contributed by atoms with van der Waals surface area (Å²) in [6.07, 6.45) is -6.69. The van der Waals surface area contributed by atoms with E-state index in [4.69, 9.17) is 19.5 Å². The molecule has 2 unspecified atom stereocenters. The molecule has 1 saturated heterocycles. The van der Waals surface area contributed by atoms with E-state index in [2.05, 4.69) is 47.6 Å². The molecule has 0 spiro atoms. The fourth-order valence-electron chi connectivity index (χ4n) is 4.35. The monoisotopic (exact) mass is 823 g/mol. The molecule has 1 fully saturated rings. The van der Waals surface area contributed by atoms with Crippen molar-refractivity contribution in [3.63, 3.8) is 0 Å². The van der Waals surface area contributed by atoms with Crippen molar-refractivity contribution in [2.45, 2.75) is 57.8 Å². The van der Waals surface area contributed by atoms with E-state index in [0.717, 1.165) is 28.7 Å². The summed E-state index contributed by atoms with van der Waals surface area (Å²) in [7, 11) is -16.3. The lowest BCUT2D eigenvalue weighted by molar-refractivity contribution is -0.137. The van der Waals surface area contributed by atoms with E-state index in [1.807, 2.05) is 6.92 Å². The van der Waals surface area contributed by atoms with Crippen LogP contribution in [0.25, 0.3) is 11.2 Å². The first-order chi connectivity index (χ1) is 24.2. The number of amides is 2. The molecular weight excluding hydrogens is 779 g/mol. The van der Waals surface area contributed by atoms with Crippen LogP contribution in [0.2, 0.25) is 0 Å². The van der Waals surface area contributed by atoms with Gasteiger partial charge in [-0.2, -0.15) is 16.1 Å². The van der Waals surface area contributed by atoms with Crippen molar-refractivity contribution >= 4 is 64.0 Å². The lowest BCUT2D eigenvalue weighted by Gasteiger charge is -2.30. The number of nitrogens with zero attached hydrogens (tertiary/aromatic N) is 4. The molecule has 27 heteroatoms. The van der Waals surface area contributed by atoms with E-state index in [1.54, 1.807) is 11.8 Å². The zero-order valence-corrected chi connectivity index (χ0v) is 31.8. The van der Waals surface area contributed by atoms with Gasteiger partial charge in [-0.25, -0.2) is 28.6 Å². The van der Waals surface area contributed by atoms with Crippen molar-refractivity contribution in [1.82, 2.24) is 30.2 Å². The number of thioether (sulfide) groups is 1. The van der Waals surface area contributed by atoms with Crippen LogP contribution in [0.3, 0.4) is 0 Å². The van der Waals surface area contributed by atoms with Crippen molar-refractivity contribution in [2.75, 3.05) is 43.5 Å². The van der Waals surface area contributed by atoms with E-state index < -0.39 is 78.6 Å². The number of carbonyl (C=O) groups excluding carboxylic acids is 2. The summed E-state index contributed by atoms with van der Waals surface area (Å²) in [5, 5.41) is 26.4. The number of carbonyl (C=O) groups is 2. The number of imidazole rings is 1. The van der Waals surface area contributed by atoms with E-state index in [-0.39, 0.29) is 35.9 Å². The SMILES string of the molecule is C=C.CCSCCNC(=O)CCNC(=O)[C@H](O)C(C)(C)COP(=O)(O)OP(=O)(O)OC[C@H]1O[C@@H](n2cnc3c(N)ncnc32)[C@H](O)[C@@H]1OP(=O)(O)O. The third-order valence-electron chi connectivity index (χ3n) is 6.85. The highest BCUT2D eigenvalue weighted by Gasteiger charge is 2.50. The molecule has 52 heavy (non-hydrogen) atoms. The zero-order chi connectivity index (χ0) is 39.5. The minimum atomic E-state index is -5.54. The number of rotatable bonds is 20. The summed E-state index contributed by atoms with van der Waals surface area (Å²) in [5.41, 5.74) is 4.32. The molecule has 0 radical (unpaired) electrons. The molecule has 10 N–H and O–H groups in total. The molecule has 0 saturated carbocycles. The van der Waals surface area contributed by atoms with Gasteiger partial charge >= 0.3 is 23.5 Å². The molecule has 7 atom stereocenters. The molecule has 2 aromatic rings. The van der Waals surface area contributed by atoms with Crippen LogP contribution in [0.4, 0.5) is 5.82 Å². The van der Waals surface area contributed by atoms with Gasteiger partial charge in [0.15, 0.2) is 17.7 Å². The highest BCUT2D eigenvalue weighted by atomic mass is 32.2. The highest BCUT2D eigenvalue weighted by Crippen LogP contribution is 2.61. The van der Waals surface area contributed by atoms with Crippen LogP contribution in [0, 0.1) is 5.41 Å². The lowest BCUT2D eigenvalue weighted by Crippen LogP contribution is -2.46. The number of fused-ring (bicyclic) bond motifs is 1. The van der Waals surface area contributed by atoms with Gasteiger partial charge in [0.1, 0.15) is 36.3 Å². The molecule has 0 aromatic carbocycles. The minimum Gasteiger partial charge on any atom is -0.386 e. The number of hydrogen-bond donors (Lipinski definition) is 9. The molecule has 3 heterocycles. The molecular formula is C25H44N7O16P3S. The van der Waals surface area contributed by atoms with Gasteiger partial charge in [0, 0.05) is 30.7 Å². The number of anilines is 1. The van der Waals surface area contributed by atoms with E-state index >= 15 is 0 Å². The molecule has 3 rings (SSSR count). The lowest BCUT2D eigenvalue weighted by atomic mass is 9.87. The van der Waals surface area contributed by atoms with Crippen LogP contribution in [0.15, 0.2) is 25.8 Å². The first kappa shape index (κ1) is 45.8. The summed E-state index contributed by atoms with van der Waals surface area (Å²) in [4.78, 5) is 75.1. The Morgan fingerprint density at radius 3 is 2.38 bits per heavy atom. The zero-order valence-electron chi connectivity index (χ0n) is 28.3. The minimum absolute atomic E-state index is 0.0343. The molecule has 2 amide bonds. The van der Waals surface area contributed by atoms with Crippen molar-refractivity contribution in [3.05, 3.63) is 25.8 Å². The van der Waals surface area contributed by atoms with E-state index in [1.165, 1.54) is 13.8 Å². The number of aromatic nitrogens is 4. The molecule has 296 valence electrons. The molecule has 1 aliphatic rings. The van der Waals surface area contributed by atoms with Crippen LogP contribution in [-0.4, -0.2) is 123 Å². The van der Waals surface area contributed by atoms with Crippen LogP contribution >= 0.6 is 35.2 Å². The third kappa shape index (κ3) is 13.8. The summed E-state index contributed by atoms with van der Waals surface area (Å²) in [5.74, 6) is 0.344. The quantitative estimate of drug-likeness (QED) is 0.0480. The Hall–Kier alpha value is -2.37. The van der Waals surface area contributed by atoms with Crippen LogP contribution in [0.5, 0.6) is 0 Å². The largest absolute Gasteiger partial charge is 0.481 e. The fourth-order valence-corrected chi connectivity index (χ4v) is 7.71. The van der Waals surface area contributed by atoms with E-state index in [9.17, 15) is 53.1 Å². The Morgan fingerprint density at radius 1 is 1.10 bits per heavy atom. The van der Waals surface area contributed by atoms with Crippen LogP contribution < -0.4 is 16.4 Å². The van der Waals surface area contributed by atoms with Gasteiger partial charge in [-0.15, -0.1) is 13.2 Å². The van der Waals surface area contributed by atoms with Crippen molar-refractivity contribution in [3.8, 4) is 0 Å². The maximum absolute atomic E-state index is 12.6. The second-order valence-corrected chi connectivity index (χ2v) is 16.9. The average molecular weight is 824 g/mol. The Kier molecular flexibility index (Phi) is 17.4. The fraction of sp³-hybridized carbons (Fsp3) is 0.640. The summed E-state index contributed by atoms with van der Waals surface area (Å²) in [6.45, 7) is 8.90. The number of aliphatic hydroxyl groups excluding tert-OH is 2. The molecule has 23 nitrogen and oxygen atoms in total. The molecule has 0 aliphatic carbocycles. The van der Waals surface area contributed by atoms with Gasteiger partial charge in [-0.3, -0.25) is 27.7 Å². The number of nitrogens with two attached hydrogens (primary N) is 1. The second-order valence-electron chi connectivity index (χ2n) is 11.3. The smallest absolute Gasteiger partial charge is 0.386 e. The van der Waals surface area contributed by atoms with Gasteiger partial charge in [0.05, 0.1) is 19.5 Å². The topological polar surface area (TPSA) is 347 Å². The summed E-state index contributed by atoms with van der Waals surface area (Å²) in [6, 6.07) is 0. The third-order valence-corrected chi connectivity index (χ3v) is 10.9. The Bertz CT molecular complexity index is 1650. The first-order valence-electron chi connectivity index (χ1n) is 15.1. The highest BCUT2D eigenvalue weighted by molar-refractivity contribution is 7.99. The van der Waals surface area contributed by atoms with E-state index in [0.29, 0.717) is 6.54 Å². The predicted octanol–water partition coefficient (Wildman–Crippen LogP) is -0.0398. The normalized spacial score (nSPS) is 22.1. The first-order valence-corrected chi connectivity index (χ1v) is 20.8.